The molecule has 1 saturated heterocycles. The highest BCUT2D eigenvalue weighted by molar-refractivity contribution is 5.99. The van der Waals surface area contributed by atoms with Crippen molar-refractivity contribution in [3.05, 3.63) is 63.7 Å². The molecule has 0 atom stereocenters. The minimum Gasteiger partial charge on any atom is -0.496 e. The number of nitrogens with zero attached hydrogens (tertiary/aromatic N) is 3. The number of nitrogens with one attached hydrogen (secondary N) is 1. The molecule has 0 radical (unpaired) electrons. The Bertz CT molecular complexity index is 845. The van der Waals surface area contributed by atoms with Crippen LogP contribution >= 0.6 is 0 Å². The van der Waals surface area contributed by atoms with Gasteiger partial charge in [0.1, 0.15) is 5.75 Å². The highest BCUT2D eigenvalue weighted by Gasteiger charge is 2.15. The van der Waals surface area contributed by atoms with Crippen LogP contribution in [0.25, 0.3) is 0 Å². The lowest BCUT2D eigenvalue weighted by Crippen LogP contribution is -2.19. The summed E-state index contributed by atoms with van der Waals surface area (Å²) in [5, 5.41) is 15.3. The summed E-state index contributed by atoms with van der Waals surface area (Å²) in [6.07, 6.45) is 2.49. The Morgan fingerprint density at radius 2 is 2.04 bits per heavy atom. The highest BCUT2D eigenvalue weighted by Crippen LogP contribution is 2.24. The lowest BCUT2D eigenvalue weighted by atomic mass is 10.1. The Labute approximate surface area is 158 Å². The van der Waals surface area contributed by atoms with Gasteiger partial charge in [-0.1, -0.05) is 6.07 Å². The molecule has 0 unspecified atom stereocenters. The molecule has 0 amide bonds. The van der Waals surface area contributed by atoms with E-state index in [-0.39, 0.29) is 5.69 Å². The number of rotatable bonds is 7. The number of nitro groups is 1. The zero-order valence-corrected chi connectivity index (χ0v) is 15.6. The first kappa shape index (κ1) is 18.8. The first-order chi connectivity index (χ1) is 13.1. The molecule has 0 spiro atoms. The van der Waals surface area contributed by atoms with Crippen molar-refractivity contribution in [1.82, 2.24) is 4.90 Å². The van der Waals surface area contributed by atoms with Gasteiger partial charge in [-0.2, -0.15) is 5.10 Å². The van der Waals surface area contributed by atoms with Crippen molar-refractivity contribution < 1.29 is 9.66 Å². The maximum Gasteiger partial charge on any atom is 0.271 e. The Kier molecular flexibility index (Phi) is 6.03. The lowest BCUT2D eigenvalue weighted by molar-refractivity contribution is -0.384. The summed E-state index contributed by atoms with van der Waals surface area (Å²) in [7, 11) is 1.69. The van der Waals surface area contributed by atoms with Gasteiger partial charge in [0.15, 0.2) is 0 Å². The second-order valence-electron chi connectivity index (χ2n) is 6.63. The molecule has 7 nitrogen and oxygen atoms in total. The van der Waals surface area contributed by atoms with Gasteiger partial charge in [-0.05, 0) is 62.7 Å². The fourth-order valence-corrected chi connectivity index (χ4v) is 3.21. The van der Waals surface area contributed by atoms with Crippen LogP contribution in [0.5, 0.6) is 5.75 Å². The zero-order chi connectivity index (χ0) is 19.2. The van der Waals surface area contributed by atoms with Crippen molar-refractivity contribution in [2.75, 3.05) is 25.6 Å². The molecule has 1 N–H and O–H groups in total. The van der Waals surface area contributed by atoms with E-state index in [0.717, 1.165) is 42.2 Å². The smallest absolute Gasteiger partial charge is 0.271 e. The monoisotopic (exact) mass is 368 g/mol. The number of ether oxygens (including phenoxy) is 1. The van der Waals surface area contributed by atoms with Gasteiger partial charge < -0.3 is 4.74 Å². The first-order valence-corrected chi connectivity index (χ1v) is 9.01. The maximum atomic E-state index is 10.9. The van der Waals surface area contributed by atoms with Crippen molar-refractivity contribution in [2.24, 2.45) is 5.10 Å². The topological polar surface area (TPSA) is 80.0 Å². The van der Waals surface area contributed by atoms with Crippen LogP contribution in [0, 0.1) is 10.1 Å². The number of hydrogen-bond acceptors (Lipinski definition) is 6. The van der Waals surface area contributed by atoms with Gasteiger partial charge in [-0.15, -0.1) is 0 Å². The fourth-order valence-electron chi connectivity index (χ4n) is 3.21. The molecular formula is C20H24N4O3. The Morgan fingerprint density at radius 1 is 1.26 bits per heavy atom. The number of likely N-dealkylation sites (tertiary alicyclic amines) is 1. The van der Waals surface area contributed by atoms with E-state index in [1.54, 1.807) is 19.2 Å². The van der Waals surface area contributed by atoms with E-state index in [0.29, 0.717) is 5.69 Å². The number of hydrogen-bond donors (Lipinski definition) is 1. The summed E-state index contributed by atoms with van der Waals surface area (Å²) in [5.74, 6) is 0.880. The number of nitro benzene ring substituents is 1. The number of hydrazone groups is 1. The molecule has 0 saturated carbocycles. The third-order valence-electron chi connectivity index (χ3n) is 4.70. The summed E-state index contributed by atoms with van der Waals surface area (Å²) in [4.78, 5) is 12.9. The Hall–Kier alpha value is -2.93. The summed E-state index contributed by atoms with van der Waals surface area (Å²) >= 11 is 0. The molecule has 27 heavy (non-hydrogen) atoms. The minimum absolute atomic E-state index is 0.0326. The van der Waals surface area contributed by atoms with Crippen molar-refractivity contribution in [3.63, 3.8) is 0 Å². The molecule has 1 fully saturated rings. The molecule has 1 aliphatic heterocycles. The third-order valence-corrected chi connectivity index (χ3v) is 4.70. The normalized spacial score (nSPS) is 15.0. The molecule has 3 rings (SSSR count). The summed E-state index contributed by atoms with van der Waals surface area (Å²) in [6, 6.07) is 12.3. The summed E-state index contributed by atoms with van der Waals surface area (Å²) < 4.78 is 5.51. The van der Waals surface area contributed by atoms with E-state index in [2.05, 4.69) is 21.5 Å². The van der Waals surface area contributed by atoms with E-state index < -0.39 is 4.92 Å². The molecule has 2 aromatic rings. The zero-order valence-electron chi connectivity index (χ0n) is 15.6. The molecular weight excluding hydrogens is 344 g/mol. The molecule has 142 valence electrons. The predicted octanol–water partition coefficient (Wildman–Crippen LogP) is 4.04. The second-order valence-corrected chi connectivity index (χ2v) is 6.63. The first-order valence-electron chi connectivity index (χ1n) is 9.01. The van der Waals surface area contributed by atoms with E-state index in [9.17, 15) is 10.1 Å². The number of non-ortho nitro benzene ring substituents is 1. The van der Waals surface area contributed by atoms with Crippen LogP contribution in [0.2, 0.25) is 0 Å². The maximum absolute atomic E-state index is 10.9. The van der Waals surface area contributed by atoms with Crippen LogP contribution in [0.15, 0.2) is 47.6 Å². The molecule has 7 heteroatoms. The molecule has 1 aliphatic rings. The number of anilines is 1. The van der Waals surface area contributed by atoms with Crippen LogP contribution in [0.4, 0.5) is 11.4 Å². The molecule has 2 aromatic carbocycles. The quantitative estimate of drug-likeness (QED) is 0.453. The van der Waals surface area contributed by atoms with Gasteiger partial charge in [0.25, 0.3) is 5.69 Å². The van der Waals surface area contributed by atoms with Crippen molar-refractivity contribution in [2.45, 2.75) is 26.3 Å². The van der Waals surface area contributed by atoms with E-state index in [4.69, 9.17) is 4.74 Å². The largest absolute Gasteiger partial charge is 0.496 e. The summed E-state index contributed by atoms with van der Waals surface area (Å²) in [5.41, 5.74) is 6.44. The fraction of sp³-hybridized carbons (Fsp3) is 0.350. The highest BCUT2D eigenvalue weighted by atomic mass is 16.6. The Balaban J connectivity index is 1.77. The van der Waals surface area contributed by atoms with Gasteiger partial charge in [0, 0.05) is 24.2 Å². The van der Waals surface area contributed by atoms with E-state index in [1.807, 2.05) is 19.1 Å². The van der Waals surface area contributed by atoms with Crippen LogP contribution in [-0.4, -0.2) is 35.7 Å². The van der Waals surface area contributed by atoms with Gasteiger partial charge in [-0.3, -0.25) is 20.4 Å². The van der Waals surface area contributed by atoms with Gasteiger partial charge in [0.2, 0.25) is 0 Å². The van der Waals surface area contributed by atoms with Gasteiger partial charge in [0.05, 0.1) is 23.4 Å². The minimum atomic E-state index is -0.421. The van der Waals surface area contributed by atoms with Crippen molar-refractivity contribution in [1.29, 1.82) is 0 Å². The van der Waals surface area contributed by atoms with Crippen molar-refractivity contribution >= 4 is 17.1 Å². The van der Waals surface area contributed by atoms with E-state index >= 15 is 0 Å². The van der Waals surface area contributed by atoms with Gasteiger partial charge >= 0.3 is 0 Å². The Morgan fingerprint density at radius 3 is 2.74 bits per heavy atom. The molecule has 0 aromatic heterocycles. The standard InChI is InChI=1S/C20H24N4O3/c1-15(21-22-18-6-5-7-19(13-18)24(25)26)16-8-9-20(27-2)17(12-16)14-23-10-3-4-11-23/h5-9,12-13,22H,3-4,10-11,14H2,1-2H3/b21-15-. The van der Waals surface area contributed by atoms with Crippen LogP contribution in [-0.2, 0) is 6.54 Å². The predicted molar refractivity (Wildman–Crippen MR) is 106 cm³/mol. The SMILES string of the molecule is COc1ccc(/C(C)=N\Nc2cccc([N+](=O)[O-])c2)cc1CN1CCCC1. The van der Waals surface area contributed by atoms with Crippen LogP contribution in [0.1, 0.15) is 30.9 Å². The second kappa shape index (κ2) is 8.64. The molecule has 1 heterocycles. The average Bonchev–Trinajstić information content (AvgIpc) is 3.19. The average molecular weight is 368 g/mol. The summed E-state index contributed by atoms with van der Waals surface area (Å²) in [6.45, 7) is 5.01. The van der Waals surface area contributed by atoms with Crippen molar-refractivity contribution in [3.8, 4) is 5.75 Å². The third kappa shape index (κ3) is 4.83. The van der Waals surface area contributed by atoms with Crippen LogP contribution < -0.4 is 10.2 Å². The van der Waals surface area contributed by atoms with Crippen LogP contribution in [0.3, 0.4) is 0 Å². The van der Waals surface area contributed by atoms with Gasteiger partial charge in [-0.25, -0.2) is 0 Å². The number of methoxy groups -OCH3 is 1. The lowest BCUT2D eigenvalue weighted by Gasteiger charge is -2.18. The molecule has 0 bridgehead atoms. The molecule has 0 aliphatic carbocycles. The number of benzene rings is 2. The van der Waals surface area contributed by atoms with E-state index in [1.165, 1.54) is 25.0 Å².